The molecule has 1 aliphatic heterocycles. The summed E-state index contributed by atoms with van der Waals surface area (Å²) in [5, 5.41) is 0. The highest BCUT2D eigenvalue weighted by Gasteiger charge is 2.30. The zero-order chi connectivity index (χ0) is 16.3. The lowest BCUT2D eigenvalue weighted by molar-refractivity contribution is 0.111. The van der Waals surface area contributed by atoms with Gasteiger partial charge in [-0.05, 0) is 50.4 Å². The molecule has 128 valence electrons. The summed E-state index contributed by atoms with van der Waals surface area (Å²) in [6, 6.07) is 6.26. The van der Waals surface area contributed by atoms with Crippen LogP contribution in [0.25, 0.3) is 0 Å². The van der Waals surface area contributed by atoms with Crippen molar-refractivity contribution in [2.75, 3.05) is 27.2 Å². The fraction of sp³-hybridized carbons (Fsp3) is 0.684. The molecule has 0 amide bonds. The van der Waals surface area contributed by atoms with E-state index in [0.717, 1.165) is 50.3 Å². The molecule has 0 aromatic heterocycles. The fourth-order valence-corrected chi connectivity index (χ4v) is 3.83. The molecule has 0 bridgehead atoms. The molecule has 2 N–H and O–H groups in total. The number of nitrogens with two attached hydrogens (primary N) is 1. The van der Waals surface area contributed by atoms with Gasteiger partial charge in [-0.3, -0.25) is 0 Å². The van der Waals surface area contributed by atoms with Gasteiger partial charge in [0.2, 0.25) is 0 Å². The molecule has 0 radical (unpaired) electrons. The normalized spacial score (nSPS) is 22.7. The molecule has 23 heavy (non-hydrogen) atoms. The molecule has 3 rings (SSSR count). The molecule has 0 atom stereocenters. The van der Waals surface area contributed by atoms with E-state index in [2.05, 4.69) is 24.1 Å². The van der Waals surface area contributed by atoms with Crippen molar-refractivity contribution < 1.29 is 9.47 Å². The molecule has 1 aromatic carbocycles. The van der Waals surface area contributed by atoms with E-state index in [-0.39, 0.29) is 11.6 Å². The Labute approximate surface area is 139 Å². The summed E-state index contributed by atoms with van der Waals surface area (Å²) in [5.41, 5.74) is 7.69. The maximum Gasteiger partial charge on any atom is 0.161 e. The van der Waals surface area contributed by atoms with Gasteiger partial charge < -0.3 is 20.1 Å². The molecular weight excluding hydrogens is 288 g/mol. The molecule has 1 aliphatic carbocycles. The van der Waals surface area contributed by atoms with Crippen LogP contribution in [0.15, 0.2) is 18.2 Å². The second-order valence-electron chi connectivity index (χ2n) is 7.20. The van der Waals surface area contributed by atoms with Gasteiger partial charge in [0.25, 0.3) is 0 Å². The van der Waals surface area contributed by atoms with Crippen molar-refractivity contribution in [2.45, 2.75) is 56.6 Å². The first-order valence-electron chi connectivity index (χ1n) is 8.93. The standard InChI is InChI=1S/C19H30N2O2/c1-21-12-8-16(9-13-21)23-18-14-15(6-7-17(18)22-2)19(20)10-4-3-5-11-19/h6-7,14,16H,3-5,8-13,20H2,1-2H3. The zero-order valence-corrected chi connectivity index (χ0v) is 14.5. The molecule has 1 saturated heterocycles. The van der Waals surface area contributed by atoms with Crippen LogP contribution in [-0.4, -0.2) is 38.3 Å². The fourth-order valence-electron chi connectivity index (χ4n) is 3.83. The van der Waals surface area contributed by atoms with Gasteiger partial charge in [-0.15, -0.1) is 0 Å². The third-order valence-electron chi connectivity index (χ3n) is 5.44. The number of hydrogen-bond donors (Lipinski definition) is 1. The Morgan fingerprint density at radius 2 is 1.78 bits per heavy atom. The minimum atomic E-state index is -0.199. The van der Waals surface area contributed by atoms with E-state index in [4.69, 9.17) is 15.2 Å². The number of ether oxygens (including phenoxy) is 2. The first-order chi connectivity index (χ1) is 11.1. The number of likely N-dealkylation sites (tertiary alicyclic amines) is 1. The van der Waals surface area contributed by atoms with Crippen LogP contribution >= 0.6 is 0 Å². The molecule has 0 unspecified atom stereocenters. The van der Waals surface area contributed by atoms with Crippen LogP contribution in [0.1, 0.15) is 50.5 Å². The highest BCUT2D eigenvalue weighted by Crippen LogP contribution is 2.39. The molecule has 1 aromatic rings. The molecular formula is C19H30N2O2. The highest BCUT2D eigenvalue weighted by atomic mass is 16.5. The first kappa shape index (κ1) is 16.6. The van der Waals surface area contributed by atoms with Crippen LogP contribution in [0, 0.1) is 0 Å². The van der Waals surface area contributed by atoms with Crippen molar-refractivity contribution >= 4 is 0 Å². The van der Waals surface area contributed by atoms with Crippen LogP contribution in [0.5, 0.6) is 11.5 Å². The smallest absolute Gasteiger partial charge is 0.161 e. The van der Waals surface area contributed by atoms with Crippen molar-refractivity contribution in [1.29, 1.82) is 0 Å². The number of methoxy groups -OCH3 is 1. The van der Waals surface area contributed by atoms with Gasteiger partial charge in [-0.25, -0.2) is 0 Å². The largest absolute Gasteiger partial charge is 0.493 e. The second kappa shape index (κ2) is 7.10. The molecule has 4 nitrogen and oxygen atoms in total. The number of nitrogens with zero attached hydrogens (tertiary/aromatic N) is 1. The lowest BCUT2D eigenvalue weighted by atomic mass is 9.77. The van der Waals surface area contributed by atoms with Gasteiger partial charge >= 0.3 is 0 Å². The van der Waals surface area contributed by atoms with E-state index in [1.54, 1.807) is 7.11 Å². The maximum absolute atomic E-state index is 6.69. The molecule has 0 spiro atoms. The Balaban J connectivity index is 1.79. The molecule has 1 saturated carbocycles. The van der Waals surface area contributed by atoms with Crippen LogP contribution in [-0.2, 0) is 5.54 Å². The maximum atomic E-state index is 6.69. The number of piperidine rings is 1. The lowest BCUT2D eigenvalue weighted by Gasteiger charge is -2.35. The lowest BCUT2D eigenvalue weighted by Crippen LogP contribution is -2.38. The Hall–Kier alpha value is -1.26. The third kappa shape index (κ3) is 3.81. The third-order valence-corrected chi connectivity index (χ3v) is 5.44. The van der Waals surface area contributed by atoms with Crippen molar-refractivity contribution in [3.05, 3.63) is 23.8 Å². The second-order valence-corrected chi connectivity index (χ2v) is 7.20. The minimum Gasteiger partial charge on any atom is -0.493 e. The zero-order valence-electron chi connectivity index (χ0n) is 14.5. The Morgan fingerprint density at radius 1 is 1.09 bits per heavy atom. The summed E-state index contributed by atoms with van der Waals surface area (Å²) in [4.78, 5) is 2.35. The Kier molecular flexibility index (Phi) is 5.12. The van der Waals surface area contributed by atoms with Crippen LogP contribution in [0.2, 0.25) is 0 Å². The summed E-state index contributed by atoms with van der Waals surface area (Å²) < 4.78 is 11.8. The van der Waals surface area contributed by atoms with Crippen molar-refractivity contribution in [2.24, 2.45) is 5.73 Å². The van der Waals surface area contributed by atoms with Gasteiger partial charge in [0.1, 0.15) is 6.10 Å². The topological polar surface area (TPSA) is 47.7 Å². The van der Waals surface area contributed by atoms with Crippen molar-refractivity contribution in [3.8, 4) is 11.5 Å². The number of benzene rings is 1. The van der Waals surface area contributed by atoms with Crippen molar-refractivity contribution in [1.82, 2.24) is 4.90 Å². The average molecular weight is 318 g/mol. The van der Waals surface area contributed by atoms with Crippen LogP contribution in [0.3, 0.4) is 0 Å². The summed E-state index contributed by atoms with van der Waals surface area (Å²) in [5.74, 6) is 1.67. The quantitative estimate of drug-likeness (QED) is 0.925. The Morgan fingerprint density at radius 3 is 2.43 bits per heavy atom. The first-order valence-corrected chi connectivity index (χ1v) is 8.93. The highest BCUT2D eigenvalue weighted by molar-refractivity contribution is 5.45. The van der Waals surface area contributed by atoms with Gasteiger partial charge in [-0.1, -0.05) is 25.3 Å². The summed E-state index contributed by atoms with van der Waals surface area (Å²) >= 11 is 0. The molecule has 2 aliphatic rings. The van der Waals surface area contributed by atoms with Gasteiger partial charge in [-0.2, -0.15) is 0 Å². The summed E-state index contributed by atoms with van der Waals surface area (Å²) in [7, 11) is 3.87. The van der Waals surface area contributed by atoms with E-state index in [0.29, 0.717) is 0 Å². The minimum absolute atomic E-state index is 0.199. The Bertz CT molecular complexity index is 518. The van der Waals surface area contributed by atoms with E-state index in [9.17, 15) is 0 Å². The summed E-state index contributed by atoms with van der Waals surface area (Å²) in [6.45, 7) is 2.18. The monoisotopic (exact) mass is 318 g/mol. The summed E-state index contributed by atoms with van der Waals surface area (Å²) in [6.07, 6.45) is 8.26. The van der Waals surface area contributed by atoms with Crippen LogP contribution < -0.4 is 15.2 Å². The molecule has 4 heteroatoms. The average Bonchev–Trinajstić information content (AvgIpc) is 2.57. The van der Waals surface area contributed by atoms with E-state index in [1.165, 1.54) is 24.8 Å². The van der Waals surface area contributed by atoms with E-state index in [1.807, 2.05) is 6.07 Å². The predicted molar refractivity (Wildman–Crippen MR) is 93.1 cm³/mol. The number of rotatable bonds is 4. The predicted octanol–water partition coefficient (Wildman–Crippen LogP) is 3.29. The SMILES string of the molecule is COc1ccc(C2(N)CCCCC2)cc1OC1CCN(C)CC1. The van der Waals surface area contributed by atoms with E-state index < -0.39 is 0 Å². The van der Waals surface area contributed by atoms with Gasteiger partial charge in [0, 0.05) is 18.6 Å². The van der Waals surface area contributed by atoms with Gasteiger partial charge in [0.05, 0.1) is 7.11 Å². The number of hydrogen-bond acceptors (Lipinski definition) is 4. The van der Waals surface area contributed by atoms with Gasteiger partial charge in [0.15, 0.2) is 11.5 Å². The molecule has 2 fully saturated rings. The molecule has 1 heterocycles. The van der Waals surface area contributed by atoms with Crippen molar-refractivity contribution in [3.63, 3.8) is 0 Å². The van der Waals surface area contributed by atoms with E-state index >= 15 is 0 Å². The van der Waals surface area contributed by atoms with Crippen LogP contribution in [0.4, 0.5) is 0 Å².